The number of ketones is 2. The zero-order chi connectivity index (χ0) is 17.5. The number of hydrogen-bond donors (Lipinski definition) is 2. The maximum atomic E-state index is 13.1. The van der Waals surface area contributed by atoms with Crippen molar-refractivity contribution in [2.45, 2.75) is 30.8 Å². The lowest BCUT2D eigenvalue weighted by molar-refractivity contribution is -0.137. The molecule has 0 saturated carbocycles. The number of ether oxygens (including phenoxy) is 3. The van der Waals surface area contributed by atoms with Crippen molar-refractivity contribution in [2.24, 2.45) is 5.92 Å². The highest BCUT2D eigenvalue weighted by Gasteiger charge is 2.72. The van der Waals surface area contributed by atoms with Crippen LogP contribution in [0.1, 0.15) is 6.92 Å². The molecule has 1 aliphatic carbocycles. The number of aliphatic hydroxyl groups excluding tert-OH is 1. The molecule has 3 fully saturated rings. The number of carbonyl (C=O) groups is 2. The Labute approximate surface area is 144 Å². The minimum Gasteiger partial charge on any atom is -0.486 e. The standard InChI is InChI=1S/C17H20N2O6/c1-7-13(21)12-11(14(22)15(7)25-6-8-5-24-8)9(4-20)17(23-2)16-10(18-16)3-19(12)17/h8-10,16,18,20H,3-6H2,1-2H3. The third kappa shape index (κ3) is 1.80. The Morgan fingerprint density at radius 3 is 2.80 bits per heavy atom. The van der Waals surface area contributed by atoms with Gasteiger partial charge in [0.05, 0.1) is 30.9 Å². The van der Waals surface area contributed by atoms with Crippen molar-refractivity contribution < 1.29 is 28.9 Å². The molecule has 134 valence electrons. The van der Waals surface area contributed by atoms with E-state index in [-0.39, 0.29) is 48.7 Å². The van der Waals surface area contributed by atoms with Crippen LogP contribution < -0.4 is 5.32 Å². The number of piperazine rings is 1. The lowest BCUT2D eigenvalue weighted by Crippen LogP contribution is -2.54. The zero-order valence-electron chi connectivity index (χ0n) is 14.1. The molecule has 3 saturated heterocycles. The highest BCUT2D eigenvalue weighted by Crippen LogP contribution is 2.55. The summed E-state index contributed by atoms with van der Waals surface area (Å²) in [5, 5.41) is 13.4. The van der Waals surface area contributed by atoms with Crippen molar-refractivity contribution in [1.82, 2.24) is 10.2 Å². The number of epoxide rings is 1. The Morgan fingerprint density at radius 1 is 1.40 bits per heavy atom. The van der Waals surface area contributed by atoms with Gasteiger partial charge in [-0.05, 0) is 6.92 Å². The summed E-state index contributed by atoms with van der Waals surface area (Å²) in [6, 6.07) is 0.227. The molecule has 4 aliphatic heterocycles. The van der Waals surface area contributed by atoms with Crippen molar-refractivity contribution in [3.05, 3.63) is 22.6 Å². The lowest BCUT2D eigenvalue weighted by Gasteiger charge is -2.39. The molecule has 5 unspecified atom stereocenters. The summed E-state index contributed by atoms with van der Waals surface area (Å²) in [5.74, 6) is -1.06. The van der Waals surface area contributed by atoms with E-state index in [1.807, 2.05) is 4.90 Å². The number of rotatable bonds is 5. The smallest absolute Gasteiger partial charge is 0.226 e. The number of fused-ring (bicyclic) bond motifs is 4. The first-order valence-electron chi connectivity index (χ1n) is 8.53. The van der Waals surface area contributed by atoms with Crippen molar-refractivity contribution >= 4 is 11.6 Å². The predicted molar refractivity (Wildman–Crippen MR) is 83.2 cm³/mol. The zero-order valence-corrected chi connectivity index (χ0v) is 14.1. The fourth-order valence-corrected chi connectivity index (χ4v) is 4.64. The molecule has 2 N–H and O–H groups in total. The number of nitrogens with zero attached hydrogens (tertiary/aromatic N) is 1. The van der Waals surface area contributed by atoms with Gasteiger partial charge in [-0.2, -0.15) is 0 Å². The molecule has 5 rings (SSSR count). The molecule has 5 aliphatic rings. The number of aliphatic hydroxyl groups is 1. The fourth-order valence-electron chi connectivity index (χ4n) is 4.64. The number of allylic oxidation sites excluding steroid dienone is 2. The topological polar surface area (TPSA) is 111 Å². The van der Waals surface area contributed by atoms with Crippen molar-refractivity contribution in [3.8, 4) is 0 Å². The van der Waals surface area contributed by atoms with Crippen molar-refractivity contribution in [1.29, 1.82) is 0 Å². The number of Topliss-reactive ketones (excluding diaryl/α,β-unsaturated/α-hetero) is 2. The van der Waals surface area contributed by atoms with Crippen LogP contribution in [-0.4, -0.2) is 79.0 Å². The van der Waals surface area contributed by atoms with E-state index in [0.29, 0.717) is 30.0 Å². The highest BCUT2D eigenvalue weighted by atomic mass is 16.6. The summed E-state index contributed by atoms with van der Waals surface area (Å²) in [6.07, 6.45) is -0.0133. The second kappa shape index (κ2) is 4.91. The Balaban J connectivity index is 1.56. The average molecular weight is 348 g/mol. The Morgan fingerprint density at radius 2 is 2.16 bits per heavy atom. The number of hydrogen-bond acceptors (Lipinski definition) is 8. The minimum atomic E-state index is -0.884. The summed E-state index contributed by atoms with van der Waals surface area (Å²) in [4.78, 5) is 28.0. The van der Waals surface area contributed by atoms with E-state index in [9.17, 15) is 14.7 Å². The Bertz CT molecular complexity index is 754. The Hall–Kier alpha value is -1.74. The quantitative estimate of drug-likeness (QED) is 0.466. The van der Waals surface area contributed by atoms with E-state index in [1.54, 1.807) is 14.0 Å². The van der Waals surface area contributed by atoms with E-state index >= 15 is 0 Å². The molecule has 0 spiro atoms. The molecule has 0 aromatic heterocycles. The van der Waals surface area contributed by atoms with Gasteiger partial charge >= 0.3 is 0 Å². The largest absolute Gasteiger partial charge is 0.486 e. The molecule has 5 atom stereocenters. The predicted octanol–water partition coefficient (Wildman–Crippen LogP) is -1.30. The first-order chi connectivity index (χ1) is 12.0. The van der Waals surface area contributed by atoms with Gasteiger partial charge in [0.1, 0.15) is 12.7 Å². The van der Waals surface area contributed by atoms with Gasteiger partial charge in [-0.25, -0.2) is 0 Å². The molecular formula is C17H20N2O6. The van der Waals surface area contributed by atoms with Gasteiger partial charge < -0.3 is 29.5 Å². The third-order valence-corrected chi connectivity index (χ3v) is 5.98. The van der Waals surface area contributed by atoms with Crippen LogP contribution in [0.3, 0.4) is 0 Å². The third-order valence-electron chi connectivity index (χ3n) is 5.98. The average Bonchev–Trinajstić information content (AvgIpc) is 3.51. The normalized spacial score (nSPS) is 41.2. The van der Waals surface area contributed by atoms with E-state index in [2.05, 4.69) is 5.32 Å². The summed E-state index contributed by atoms with van der Waals surface area (Å²) >= 11 is 0. The summed E-state index contributed by atoms with van der Waals surface area (Å²) in [5.41, 5.74) is 0.109. The second-order valence-corrected chi connectivity index (χ2v) is 7.19. The maximum absolute atomic E-state index is 13.1. The summed E-state index contributed by atoms with van der Waals surface area (Å²) in [7, 11) is 1.56. The van der Waals surface area contributed by atoms with Crippen LogP contribution in [0.15, 0.2) is 22.6 Å². The molecule has 8 nitrogen and oxygen atoms in total. The van der Waals surface area contributed by atoms with Gasteiger partial charge in [-0.15, -0.1) is 0 Å². The number of methoxy groups -OCH3 is 1. The molecule has 8 heteroatoms. The van der Waals surface area contributed by atoms with Crippen LogP contribution in [0.2, 0.25) is 0 Å². The molecule has 0 aromatic rings. The second-order valence-electron chi connectivity index (χ2n) is 7.19. The van der Waals surface area contributed by atoms with Crippen LogP contribution in [0, 0.1) is 5.92 Å². The number of nitrogens with one attached hydrogen (secondary N) is 1. The van der Waals surface area contributed by atoms with Crippen molar-refractivity contribution in [2.75, 3.05) is 33.5 Å². The molecule has 0 bridgehead atoms. The summed E-state index contributed by atoms with van der Waals surface area (Å²) < 4.78 is 16.6. The molecule has 0 aromatic carbocycles. The van der Waals surface area contributed by atoms with Gasteiger partial charge in [0.15, 0.2) is 11.5 Å². The van der Waals surface area contributed by atoms with Crippen LogP contribution in [0.25, 0.3) is 0 Å². The fraction of sp³-hybridized carbons (Fsp3) is 0.647. The van der Waals surface area contributed by atoms with E-state index in [4.69, 9.17) is 14.2 Å². The molecule has 0 amide bonds. The SMILES string of the molecule is COC12C(CO)C3=C(C(=O)C(C)=C(OCC4CO4)C3=O)N1CC1NC12. The lowest BCUT2D eigenvalue weighted by atomic mass is 9.83. The monoisotopic (exact) mass is 348 g/mol. The van der Waals surface area contributed by atoms with E-state index < -0.39 is 11.6 Å². The number of carbonyl (C=O) groups excluding carboxylic acids is 2. The van der Waals surface area contributed by atoms with E-state index in [0.717, 1.165) is 0 Å². The maximum Gasteiger partial charge on any atom is 0.226 e. The first kappa shape index (κ1) is 15.5. The molecule has 25 heavy (non-hydrogen) atoms. The Kier molecular flexibility index (Phi) is 3.05. The van der Waals surface area contributed by atoms with Gasteiger partial charge in [0.2, 0.25) is 11.6 Å². The van der Waals surface area contributed by atoms with Crippen LogP contribution >= 0.6 is 0 Å². The van der Waals surface area contributed by atoms with Crippen LogP contribution in [0.4, 0.5) is 0 Å². The van der Waals surface area contributed by atoms with Crippen LogP contribution in [0.5, 0.6) is 0 Å². The van der Waals surface area contributed by atoms with Crippen molar-refractivity contribution in [3.63, 3.8) is 0 Å². The van der Waals surface area contributed by atoms with Crippen LogP contribution in [-0.2, 0) is 23.8 Å². The summed E-state index contributed by atoms with van der Waals surface area (Å²) in [6.45, 7) is 2.79. The van der Waals surface area contributed by atoms with Gasteiger partial charge in [0.25, 0.3) is 0 Å². The molecule has 4 heterocycles. The van der Waals surface area contributed by atoms with Gasteiger partial charge in [-0.3, -0.25) is 9.59 Å². The van der Waals surface area contributed by atoms with Gasteiger partial charge in [-0.1, -0.05) is 0 Å². The van der Waals surface area contributed by atoms with E-state index in [1.165, 1.54) is 0 Å². The van der Waals surface area contributed by atoms with Gasteiger partial charge in [0, 0.05) is 30.8 Å². The molecule has 0 radical (unpaired) electrons. The first-order valence-corrected chi connectivity index (χ1v) is 8.53. The minimum absolute atomic E-state index is 0.00499. The highest BCUT2D eigenvalue weighted by molar-refractivity contribution is 6.25. The molecular weight excluding hydrogens is 328 g/mol.